The van der Waals surface area contributed by atoms with Crippen molar-refractivity contribution in [3.05, 3.63) is 46.3 Å². The number of nitrogens with two attached hydrogens (primary N) is 1. The predicted molar refractivity (Wildman–Crippen MR) is 116 cm³/mol. The van der Waals surface area contributed by atoms with E-state index in [4.69, 9.17) is 5.73 Å². The molecule has 168 valence electrons. The number of hydrogen-bond donors (Lipinski definition) is 1. The molecular weight excluding hydrogens is 415 g/mol. The molecule has 0 unspecified atom stereocenters. The van der Waals surface area contributed by atoms with Crippen LogP contribution in [0.1, 0.15) is 37.2 Å². The molecule has 4 rings (SSSR count). The van der Waals surface area contributed by atoms with Gasteiger partial charge in [-0.3, -0.25) is 18.7 Å². The molecule has 3 aromatic rings. The van der Waals surface area contributed by atoms with Gasteiger partial charge < -0.3 is 10.6 Å². The SMILES string of the molecule is CCn1c(=O)n(CC(=O)N2CCC[C@@H](C)C2)c2c(C(N)=O)nc(-c3cccc(F)c3)nc21. The number of primary amides is 1. The maximum Gasteiger partial charge on any atom is 0.330 e. The van der Waals surface area contributed by atoms with E-state index in [1.54, 1.807) is 17.9 Å². The van der Waals surface area contributed by atoms with Crippen LogP contribution in [0, 0.1) is 11.7 Å². The summed E-state index contributed by atoms with van der Waals surface area (Å²) in [5.74, 6) is -1.10. The molecule has 0 bridgehead atoms. The monoisotopic (exact) mass is 440 g/mol. The van der Waals surface area contributed by atoms with Crippen molar-refractivity contribution in [2.45, 2.75) is 39.8 Å². The van der Waals surface area contributed by atoms with Crippen LogP contribution in [0.25, 0.3) is 22.6 Å². The lowest BCUT2D eigenvalue weighted by Gasteiger charge is -2.31. The number of carbonyl (C=O) groups is 2. The molecule has 0 radical (unpaired) electrons. The average molecular weight is 440 g/mol. The molecule has 1 aromatic carbocycles. The van der Waals surface area contributed by atoms with Crippen LogP contribution in [-0.2, 0) is 17.9 Å². The minimum Gasteiger partial charge on any atom is -0.364 e. The van der Waals surface area contributed by atoms with E-state index in [1.165, 1.54) is 27.3 Å². The number of amides is 2. The van der Waals surface area contributed by atoms with Crippen LogP contribution in [-0.4, -0.2) is 48.9 Å². The van der Waals surface area contributed by atoms with E-state index in [9.17, 15) is 18.8 Å². The molecule has 2 aromatic heterocycles. The van der Waals surface area contributed by atoms with E-state index in [-0.39, 0.29) is 41.7 Å². The lowest BCUT2D eigenvalue weighted by Crippen LogP contribution is -2.42. The number of fused-ring (bicyclic) bond motifs is 1. The van der Waals surface area contributed by atoms with Crippen LogP contribution in [0.15, 0.2) is 29.1 Å². The maximum atomic E-state index is 13.7. The zero-order chi connectivity index (χ0) is 23.0. The second-order valence-corrected chi connectivity index (χ2v) is 8.14. The zero-order valence-electron chi connectivity index (χ0n) is 18.0. The second kappa shape index (κ2) is 8.52. The molecule has 1 fully saturated rings. The summed E-state index contributed by atoms with van der Waals surface area (Å²) in [6, 6.07) is 5.61. The van der Waals surface area contributed by atoms with Gasteiger partial charge in [0.1, 0.15) is 17.9 Å². The first-order valence-electron chi connectivity index (χ1n) is 10.6. The molecule has 1 saturated heterocycles. The molecule has 1 aliphatic heterocycles. The lowest BCUT2D eigenvalue weighted by atomic mass is 10.0. The fraction of sp³-hybridized carbons (Fsp3) is 0.409. The van der Waals surface area contributed by atoms with Gasteiger partial charge in [0.25, 0.3) is 5.91 Å². The Kier molecular flexibility index (Phi) is 5.77. The van der Waals surface area contributed by atoms with Crippen LogP contribution in [0.3, 0.4) is 0 Å². The van der Waals surface area contributed by atoms with Crippen molar-refractivity contribution in [1.29, 1.82) is 0 Å². The van der Waals surface area contributed by atoms with Crippen molar-refractivity contribution in [3.8, 4) is 11.4 Å². The molecule has 1 aliphatic rings. The Bertz CT molecular complexity index is 1260. The highest BCUT2D eigenvalue weighted by molar-refractivity contribution is 6.02. The van der Waals surface area contributed by atoms with Crippen molar-refractivity contribution < 1.29 is 14.0 Å². The van der Waals surface area contributed by atoms with Crippen LogP contribution in [0.2, 0.25) is 0 Å². The molecule has 3 heterocycles. The van der Waals surface area contributed by atoms with E-state index >= 15 is 0 Å². The van der Waals surface area contributed by atoms with Crippen molar-refractivity contribution in [1.82, 2.24) is 24.0 Å². The summed E-state index contributed by atoms with van der Waals surface area (Å²) < 4.78 is 16.3. The quantitative estimate of drug-likeness (QED) is 0.649. The number of aryl methyl sites for hydroxylation is 1. The fourth-order valence-electron chi connectivity index (χ4n) is 4.22. The molecule has 2 N–H and O–H groups in total. The molecule has 1 atom stereocenters. The van der Waals surface area contributed by atoms with Gasteiger partial charge in [-0.25, -0.2) is 19.2 Å². The Balaban J connectivity index is 1.87. The van der Waals surface area contributed by atoms with Crippen molar-refractivity contribution in [2.75, 3.05) is 13.1 Å². The number of nitrogens with zero attached hydrogens (tertiary/aromatic N) is 5. The Labute approximate surface area is 183 Å². The first kappa shape index (κ1) is 21.7. The molecule has 0 saturated carbocycles. The van der Waals surface area contributed by atoms with Gasteiger partial charge in [0.05, 0.1) is 0 Å². The largest absolute Gasteiger partial charge is 0.364 e. The highest BCUT2D eigenvalue weighted by Gasteiger charge is 2.27. The minimum absolute atomic E-state index is 0.0707. The maximum absolute atomic E-state index is 13.7. The highest BCUT2D eigenvalue weighted by Crippen LogP contribution is 2.23. The number of piperidine rings is 1. The molecule has 32 heavy (non-hydrogen) atoms. The van der Waals surface area contributed by atoms with Crippen LogP contribution in [0.4, 0.5) is 4.39 Å². The van der Waals surface area contributed by atoms with Crippen LogP contribution >= 0.6 is 0 Å². The van der Waals surface area contributed by atoms with Gasteiger partial charge >= 0.3 is 5.69 Å². The van der Waals surface area contributed by atoms with E-state index in [0.29, 0.717) is 24.6 Å². The van der Waals surface area contributed by atoms with E-state index < -0.39 is 17.4 Å². The average Bonchev–Trinajstić information content (AvgIpc) is 3.03. The number of likely N-dealkylation sites (tertiary alicyclic amines) is 1. The summed E-state index contributed by atoms with van der Waals surface area (Å²) in [5.41, 5.74) is 5.57. The molecule has 10 heteroatoms. The van der Waals surface area contributed by atoms with E-state index in [0.717, 1.165) is 12.8 Å². The van der Waals surface area contributed by atoms with Crippen LogP contribution < -0.4 is 11.4 Å². The van der Waals surface area contributed by atoms with Gasteiger partial charge in [-0.05, 0) is 37.8 Å². The normalized spacial score (nSPS) is 16.5. The number of halogens is 1. The smallest absolute Gasteiger partial charge is 0.330 e. The fourth-order valence-corrected chi connectivity index (χ4v) is 4.22. The van der Waals surface area contributed by atoms with E-state index in [1.807, 2.05) is 0 Å². The van der Waals surface area contributed by atoms with Crippen molar-refractivity contribution >= 4 is 23.0 Å². The standard InChI is InChI=1S/C22H25FN6O3/c1-3-28-21-18(29(22(28)32)12-16(30)27-9-5-6-13(2)11-27)17(19(24)31)25-20(26-21)14-7-4-8-15(23)10-14/h4,7-8,10,13H,3,5-6,9,11-12H2,1-2H3,(H2,24,31)/t13-/m1/s1. The number of carbonyl (C=O) groups excluding carboxylic acids is 2. The van der Waals surface area contributed by atoms with Gasteiger partial charge in [0, 0.05) is 25.2 Å². The first-order chi connectivity index (χ1) is 15.3. The van der Waals surface area contributed by atoms with Crippen molar-refractivity contribution in [3.63, 3.8) is 0 Å². The number of hydrogen-bond acceptors (Lipinski definition) is 5. The van der Waals surface area contributed by atoms with Gasteiger partial charge in [0.15, 0.2) is 17.2 Å². The summed E-state index contributed by atoms with van der Waals surface area (Å²) in [6.07, 6.45) is 1.96. The van der Waals surface area contributed by atoms with Gasteiger partial charge in [0.2, 0.25) is 5.91 Å². The number of benzene rings is 1. The van der Waals surface area contributed by atoms with Crippen LogP contribution in [0.5, 0.6) is 0 Å². The number of aromatic nitrogens is 4. The number of imidazole rings is 1. The summed E-state index contributed by atoms with van der Waals surface area (Å²) in [6.45, 7) is 5.12. The van der Waals surface area contributed by atoms with Gasteiger partial charge in [-0.15, -0.1) is 0 Å². The minimum atomic E-state index is -0.865. The topological polar surface area (TPSA) is 116 Å². The first-order valence-corrected chi connectivity index (χ1v) is 10.6. The third-order valence-corrected chi connectivity index (χ3v) is 5.79. The Morgan fingerprint density at radius 3 is 2.69 bits per heavy atom. The lowest BCUT2D eigenvalue weighted by molar-refractivity contribution is -0.133. The molecule has 2 amide bonds. The highest BCUT2D eigenvalue weighted by atomic mass is 19.1. The Morgan fingerprint density at radius 2 is 2.03 bits per heavy atom. The Morgan fingerprint density at radius 1 is 1.25 bits per heavy atom. The molecule has 9 nitrogen and oxygen atoms in total. The third kappa shape index (κ3) is 3.88. The predicted octanol–water partition coefficient (Wildman–Crippen LogP) is 1.78. The molecule has 0 spiro atoms. The summed E-state index contributed by atoms with van der Waals surface area (Å²) in [4.78, 5) is 48.8. The Hall–Kier alpha value is -3.56. The summed E-state index contributed by atoms with van der Waals surface area (Å²) in [5, 5.41) is 0. The van der Waals surface area contributed by atoms with E-state index in [2.05, 4.69) is 16.9 Å². The third-order valence-electron chi connectivity index (χ3n) is 5.79. The van der Waals surface area contributed by atoms with Gasteiger partial charge in [-0.1, -0.05) is 19.1 Å². The summed E-state index contributed by atoms with van der Waals surface area (Å²) >= 11 is 0. The molecular formula is C22H25FN6O3. The number of rotatable bonds is 5. The molecule has 0 aliphatic carbocycles. The summed E-state index contributed by atoms with van der Waals surface area (Å²) in [7, 11) is 0. The van der Waals surface area contributed by atoms with Crippen molar-refractivity contribution in [2.24, 2.45) is 11.7 Å². The second-order valence-electron chi connectivity index (χ2n) is 8.14. The zero-order valence-corrected chi connectivity index (χ0v) is 18.0. The van der Waals surface area contributed by atoms with Gasteiger partial charge in [-0.2, -0.15) is 0 Å².